The molecule has 0 heterocycles. The zero-order valence-electron chi connectivity index (χ0n) is 10.2. The molecular weight excluding hydrogens is 306 g/mol. The van der Waals surface area contributed by atoms with Crippen LogP contribution in [0.25, 0.3) is 0 Å². The van der Waals surface area contributed by atoms with E-state index in [4.69, 9.17) is 0 Å². The van der Waals surface area contributed by atoms with Gasteiger partial charge in [0.25, 0.3) is 0 Å². The topological polar surface area (TPSA) is 41.1 Å². The van der Waals surface area contributed by atoms with E-state index < -0.39 is 23.2 Å². The van der Waals surface area contributed by atoms with Gasteiger partial charge in [-0.2, -0.15) is 0 Å². The number of rotatable bonds is 5. The molecule has 1 aromatic rings. The fourth-order valence-corrected chi connectivity index (χ4v) is 1.95. The molecule has 1 amide bonds. The number of benzene rings is 1. The van der Waals surface area contributed by atoms with Crippen LogP contribution in [0.5, 0.6) is 0 Å². The molecule has 1 rings (SSSR count). The second kappa shape index (κ2) is 6.80. The standard InChI is InChI=1S/C12H15BrF2N2O/c1-3-16-7(2)4-11(18)17-12-9(14)5-8(13)6-10(12)15/h5-7,16H,3-4H2,1-2H3,(H,17,18). The maximum atomic E-state index is 13.5. The Labute approximate surface area is 113 Å². The molecule has 1 unspecified atom stereocenters. The fraction of sp³-hybridized carbons (Fsp3) is 0.417. The number of anilines is 1. The van der Waals surface area contributed by atoms with E-state index in [1.54, 1.807) is 0 Å². The minimum absolute atomic E-state index is 0.0448. The predicted octanol–water partition coefficient (Wildman–Crippen LogP) is 3.05. The molecule has 0 aliphatic heterocycles. The van der Waals surface area contributed by atoms with Crippen LogP contribution in [0.1, 0.15) is 20.3 Å². The van der Waals surface area contributed by atoms with Crippen molar-refractivity contribution >= 4 is 27.5 Å². The first kappa shape index (κ1) is 15.0. The summed E-state index contributed by atoms with van der Waals surface area (Å²) in [5.74, 6) is -2.03. The van der Waals surface area contributed by atoms with E-state index >= 15 is 0 Å². The van der Waals surface area contributed by atoms with Gasteiger partial charge in [0.1, 0.15) is 5.69 Å². The van der Waals surface area contributed by atoms with Gasteiger partial charge in [-0.15, -0.1) is 0 Å². The van der Waals surface area contributed by atoms with Crippen LogP contribution in [0.3, 0.4) is 0 Å². The number of hydrogen-bond donors (Lipinski definition) is 2. The quantitative estimate of drug-likeness (QED) is 0.875. The van der Waals surface area contributed by atoms with Gasteiger partial charge < -0.3 is 10.6 Å². The van der Waals surface area contributed by atoms with Crippen molar-refractivity contribution in [2.75, 3.05) is 11.9 Å². The Kier molecular flexibility index (Phi) is 5.68. The summed E-state index contributed by atoms with van der Waals surface area (Å²) in [5.41, 5.74) is -0.410. The smallest absolute Gasteiger partial charge is 0.226 e. The first-order valence-corrected chi connectivity index (χ1v) is 6.41. The molecule has 0 aliphatic rings. The van der Waals surface area contributed by atoms with E-state index in [9.17, 15) is 13.6 Å². The van der Waals surface area contributed by atoms with E-state index in [1.807, 2.05) is 13.8 Å². The molecule has 0 saturated heterocycles. The Balaban J connectivity index is 2.70. The minimum Gasteiger partial charge on any atom is -0.321 e. The van der Waals surface area contributed by atoms with E-state index in [-0.39, 0.29) is 16.9 Å². The van der Waals surface area contributed by atoms with E-state index in [2.05, 4.69) is 26.6 Å². The van der Waals surface area contributed by atoms with Crippen molar-refractivity contribution in [3.63, 3.8) is 0 Å². The Morgan fingerprint density at radius 3 is 2.44 bits per heavy atom. The van der Waals surface area contributed by atoms with Crippen LogP contribution >= 0.6 is 15.9 Å². The lowest BCUT2D eigenvalue weighted by Crippen LogP contribution is -2.30. The summed E-state index contributed by atoms with van der Waals surface area (Å²) in [7, 11) is 0. The first-order chi connectivity index (χ1) is 8.43. The third-order valence-corrected chi connectivity index (χ3v) is 2.77. The second-order valence-corrected chi connectivity index (χ2v) is 4.87. The summed E-state index contributed by atoms with van der Waals surface area (Å²) in [4.78, 5) is 11.6. The lowest BCUT2D eigenvalue weighted by Gasteiger charge is -2.13. The average molecular weight is 321 g/mol. The van der Waals surface area contributed by atoms with Gasteiger partial charge in [0.15, 0.2) is 11.6 Å². The predicted molar refractivity (Wildman–Crippen MR) is 70.4 cm³/mol. The van der Waals surface area contributed by atoms with Crippen molar-refractivity contribution in [2.45, 2.75) is 26.3 Å². The van der Waals surface area contributed by atoms with E-state index in [0.29, 0.717) is 0 Å². The summed E-state index contributed by atoms with van der Waals surface area (Å²) in [6.45, 7) is 4.48. The van der Waals surface area contributed by atoms with Gasteiger partial charge in [-0.3, -0.25) is 4.79 Å². The van der Waals surface area contributed by atoms with Crippen molar-refractivity contribution in [3.8, 4) is 0 Å². The molecule has 0 radical (unpaired) electrons. The molecule has 3 nitrogen and oxygen atoms in total. The number of carbonyl (C=O) groups excluding carboxylic acids is 1. The maximum Gasteiger partial charge on any atom is 0.226 e. The normalized spacial score (nSPS) is 12.3. The van der Waals surface area contributed by atoms with Gasteiger partial charge in [-0.25, -0.2) is 8.78 Å². The van der Waals surface area contributed by atoms with Crippen molar-refractivity contribution in [2.24, 2.45) is 0 Å². The Morgan fingerprint density at radius 2 is 1.94 bits per heavy atom. The summed E-state index contributed by atoms with van der Waals surface area (Å²) >= 11 is 2.97. The van der Waals surface area contributed by atoms with Gasteiger partial charge in [0.2, 0.25) is 5.91 Å². The molecule has 0 bridgehead atoms. The highest BCUT2D eigenvalue weighted by atomic mass is 79.9. The monoisotopic (exact) mass is 320 g/mol. The van der Waals surface area contributed by atoms with Crippen LogP contribution in [0.4, 0.5) is 14.5 Å². The van der Waals surface area contributed by atoms with Crippen LogP contribution in [0.2, 0.25) is 0 Å². The van der Waals surface area contributed by atoms with Gasteiger partial charge in [0, 0.05) is 16.9 Å². The molecule has 0 fully saturated rings. The van der Waals surface area contributed by atoms with E-state index in [1.165, 1.54) is 0 Å². The average Bonchev–Trinajstić information content (AvgIpc) is 2.23. The molecule has 1 atom stereocenters. The third kappa shape index (κ3) is 4.34. The van der Waals surface area contributed by atoms with Crippen LogP contribution in [0, 0.1) is 11.6 Å². The fourth-order valence-electron chi connectivity index (χ4n) is 1.55. The SMILES string of the molecule is CCNC(C)CC(=O)Nc1c(F)cc(Br)cc1F. The van der Waals surface area contributed by atoms with E-state index in [0.717, 1.165) is 18.7 Å². The highest BCUT2D eigenvalue weighted by Crippen LogP contribution is 2.23. The molecule has 1 aromatic carbocycles. The number of halogens is 3. The summed E-state index contributed by atoms with van der Waals surface area (Å²) < 4.78 is 27.2. The van der Waals surface area contributed by atoms with Gasteiger partial charge in [0.05, 0.1) is 0 Å². The Bertz CT molecular complexity index is 417. The van der Waals surface area contributed by atoms with Crippen molar-refractivity contribution < 1.29 is 13.6 Å². The first-order valence-electron chi connectivity index (χ1n) is 5.61. The zero-order valence-corrected chi connectivity index (χ0v) is 11.8. The Morgan fingerprint density at radius 1 is 1.39 bits per heavy atom. The number of hydrogen-bond acceptors (Lipinski definition) is 2. The molecule has 2 N–H and O–H groups in total. The van der Waals surface area contributed by atoms with Gasteiger partial charge in [-0.05, 0) is 25.6 Å². The summed E-state index contributed by atoms with van der Waals surface area (Å²) in [6.07, 6.45) is 0.156. The van der Waals surface area contributed by atoms with Crippen LogP contribution in [-0.2, 0) is 4.79 Å². The van der Waals surface area contributed by atoms with Gasteiger partial charge in [-0.1, -0.05) is 22.9 Å². The highest BCUT2D eigenvalue weighted by molar-refractivity contribution is 9.10. The minimum atomic E-state index is -0.800. The lowest BCUT2D eigenvalue weighted by molar-refractivity contribution is -0.116. The number of carbonyl (C=O) groups is 1. The molecule has 18 heavy (non-hydrogen) atoms. The maximum absolute atomic E-state index is 13.5. The molecule has 0 spiro atoms. The zero-order chi connectivity index (χ0) is 13.7. The largest absolute Gasteiger partial charge is 0.321 e. The summed E-state index contributed by atoms with van der Waals surface area (Å²) in [5, 5.41) is 5.29. The van der Waals surface area contributed by atoms with Crippen molar-refractivity contribution in [1.82, 2.24) is 5.32 Å². The van der Waals surface area contributed by atoms with Crippen molar-refractivity contribution in [1.29, 1.82) is 0 Å². The molecule has 0 aromatic heterocycles. The van der Waals surface area contributed by atoms with Crippen LogP contribution in [0.15, 0.2) is 16.6 Å². The van der Waals surface area contributed by atoms with Crippen LogP contribution < -0.4 is 10.6 Å². The molecule has 6 heteroatoms. The molecule has 100 valence electrons. The lowest BCUT2D eigenvalue weighted by atomic mass is 10.2. The Hall–Kier alpha value is -1.01. The molecule has 0 aliphatic carbocycles. The number of nitrogens with one attached hydrogen (secondary N) is 2. The highest BCUT2D eigenvalue weighted by Gasteiger charge is 2.15. The van der Waals surface area contributed by atoms with Crippen molar-refractivity contribution in [3.05, 3.63) is 28.2 Å². The number of amides is 1. The summed E-state index contributed by atoms with van der Waals surface area (Å²) in [6, 6.07) is 2.16. The molecule has 0 saturated carbocycles. The van der Waals surface area contributed by atoms with Gasteiger partial charge >= 0.3 is 0 Å². The van der Waals surface area contributed by atoms with Crippen LogP contribution in [-0.4, -0.2) is 18.5 Å². The molecular formula is C12H15BrF2N2O. The second-order valence-electron chi connectivity index (χ2n) is 3.96. The third-order valence-electron chi connectivity index (χ3n) is 2.32.